The van der Waals surface area contributed by atoms with Crippen molar-refractivity contribution in [3.8, 4) is 5.75 Å². The predicted molar refractivity (Wildman–Crippen MR) is 115 cm³/mol. The Morgan fingerprint density at radius 3 is 2.43 bits per heavy atom. The van der Waals surface area contributed by atoms with Gasteiger partial charge in [-0.25, -0.2) is 4.79 Å². The number of hydrogen-bond acceptors (Lipinski definition) is 5. The van der Waals surface area contributed by atoms with Gasteiger partial charge in [-0.15, -0.1) is 0 Å². The Hall–Kier alpha value is -3.61. The van der Waals surface area contributed by atoms with Crippen LogP contribution in [-0.4, -0.2) is 37.5 Å². The largest absolute Gasteiger partial charge is 0.494 e. The molecule has 0 unspecified atom stereocenters. The lowest BCUT2D eigenvalue weighted by Gasteiger charge is -2.11. The second-order valence-electron chi connectivity index (χ2n) is 6.52. The van der Waals surface area contributed by atoms with Crippen molar-refractivity contribution in [1.29, 1.82) is 0 Å². The number of carbonyl (C=O) groups is 3. The zero-order valence-corrected chi connectivity index (χ0v) is 17.4. The average molecular weight is 410 g/mol. The quantitative estimate of drug-likeness (QED) is 0.490. The number of amides is 2. The molecule has 0 aliphatic carbocycles. The van der Waals surface area contributed by atoms with Gasteiger partial charge in [0.05, 0.1) is 13.2 Å². The van der Waals surface area contributed by atoms with Gasteiger partial charge in [0.25, 0.3) is 5.91 Å². The molecule has 0 aliphatic rings. The number of benzene rings is 2. The second-order valence-corrected chi connectivity index (χ2v) is 6.52. The van der Waals surface area contributed by atoms with Crippen LogP contribution in [0.25, 0.3) is 6.08 Å². The van der Waals surface area contributed by atoms with Gasteiger partial charge in [-0.05, 0) is 61.7 Å². The molecule has 0 saturated carbocycles. The monoisotopic (exact) mass is 410 g/mol. The third kappa shape index (κ3) is 7.43. The van der Waals surface area contributed by atoms with Crippen molar-refractivity contribution in [3.63, 3.8) is 0 Å². The summed E-state index contributed by atoms with van der Waals surface area (Å²) in [6, 6.07) is 12.8. The molecule has 2 rings (SSSR count). The van der Waals surface area contributed by atoms with E-state index < -0.39 is 18.5 Å². The number of hydrogen-bond donors (Lipinski definition) is 2. The van der Waals surface area contributed by atoms with E-state index in [9.17, 15) is 14.4 Å². The van der Waals surface area contributed by atoms with Crippen LogP contribution in [-0.2, 0) is 19.1 Å². The molecule has 0 saturated heterocycles. The van der Waals surface area contributed by atoms with E-state index in [1.165, 1.54) is 6.08 Å². The first-order chi connectivity index (χ1) is 14.4. The number of nitrogens with one attached hydrogen (secondary N) is 2. The fourth-order valence-electron chi connectivity index (χ4n) is 2.50. The molecule has 0 atom stereocenters. The first-order valence-corrected chi connectivity index (χ1v) is 9.59. The topological polar surface area (TPSA) is 93.7 Å². The van der Waals surface area contributed by atoms with Crippen molar-refractivity contribution in [3.05, 3.63) is 65.2 Å². The predicted octanol–water partition coefficient (Wildman–Crippen LogP) is 3.01. The summed E-state index contributed by atoms with van der Waals surface area (Å²) in [5.41, 5.74) is 3.51. The molecule has 158 valence electrons. The minimum Gasteiger partial charge on any atom is -0.494 e. The lowest BCUT2D eigenvalue weighted by molar-refractivity contribution is -0.143. The number of esters is 1. The molecule has 7 nitrogen and oxygen atoms in total. The number of aryl methyl sites for hydroxylation is 1. The molecule has 0 aliphatic heterocycles. The lowest BCUT2D eigenvalue weighted by atomic mass is 10.1. The summed E-state index contributed by atoms with van der Waals surface area (Å²) in [6.07, 6.45) is 2.81. The maximum absolute atomic E-state index is 12.0. The van der Waals surface area contributed by atoms with Crippen molar-refractivity contribution in [2.45, 2.75) is 20.8 Å². The molecule has 0 spiro atoms. The normalized spacial score (nSPS) is 10.5. The Morgan fingerprint density at radius 1 is 1.00 bits per heavy atom. The van der Waals surface area contributed by atoms with Crippen LogP contribution in [0.1, 0.15) is 23.6 Å². The van der Waals surface area contributed by atoms with Crippen molar-refractivity contribution in [2.24, 2.45) is 0 Å². The van der Waals surface area contributed by atoms with Crippen LogP contribution in [0, 0.1) is 13.8 Å². The first-order valence-electron chi connectivity index (χ1n) is 9.59. The van der Waals surface area contributed by atoms with Gasteiger partial charge < -0.3 is 20.1 Å². The van der Waals surface area contributed by atoms with Gasteiger partial charge in [-0.2, -0.15) is 0 Å². The van der Waals surface area contributed by atoms with E-state index in [-0.39, 0.29) is 12.5 Å². The van der Waals surface area contributed by atoms with Crippen LogP contribution in [0.3, 0.4) is 0 Å². The van der Waals surface area contributed by atoms with Gasteiger partial charge in [-0.1, -0.05) is 24.3 Å². The number of anilines is 1. The average Bonchev–Trinajstić information content (AvgIpc) is 2.73. The molecule has 0 radical (unpaired) electrons. The Morgan fingerprint density at radius 2 is 1.73 bits per heavy atom. The zero-order chi connectivity index (χ0) is 21.9. The smallest absolute Gasteiger partial charge is 0.331 e. The fourth-order valence-corrected chi connectivity index (χ4v) is 2.50. The van der Waals surface area contributed by atoms with E-state index >= 15 is 0 Å². The van der Waals surface area contributed by atoms with Gasteiger partial charge in [0.15, 0.2) is 6.61 Å². The summed E-state index contributed by atoms with van der Waals surface area (Å²) in [5, 5.41) is 5.16. The van der Waals surface area contributed by atoms with Crippen LogP contribution >= 0.6 is 0 Å². The maximum atomic E-state index is 12.0. The van der Waals surface area contributed by atoms with Crippen molar-refractivity contribution in [1.82, 2.24) is 5.32 Å². The summed E-state index contributed by atoms with van der Waals surface area (Å²) >= 11 is 0. The fraction of sp³-hybridized carbons (Fsp3) is 0.261. The molecular weight excluding hydrogens is 384 g/mol. The number of ether oxygens (including phenoxy) is 2. The van der Waals surface area contributed by atoms with E-state index in [0.29, 0.717) is 12.3 Å². The van der Waals surface area contributed by atoms with Crippen LogP contribution in [0.2, 0.25) is 0 Å². The molecule has 0 fully saturated rings. The molecule has 2 N–H and O–H groups in total. The van der Waals surface area contributed by atoms with Crippen molar-refractivity contribution >= 4 is 29.5 Å². The molecule has 2 aromatic rings. The van der Waals surface area contributed by atoms with E-state index in [0.717, 1.165) is 22.4 Å². The lowest BCUT2D eigenvalue weighted by Crippen LogP contribution is -2.35. The highest BCUT2D eigenvalue weighted by atomic mass is 16.5. The highest BCUT2D eigenvalue weighted by Crippen LogP contribution is 2.17. The Balaban J connectivity index is 1.71. The Labute approximate surface area is 176 Å². The molecule has 0 aromatic heterocycles. The molecule has 0 bridgehead atoms. The minimum atomic E-state index is -0.654. The summed E-state index contributed by atoms with van der Waals surface area (Å²) in [7, 11) is 0. The minimum absolute atomic E-state index is 0.216. The maximum Gasteiger partial charge on any atom is 0.331 e. The zero-order valence-electron chi connectivity index (χ0n) is 17.4. The van der Waals surface area contributed by atoms with Gasteiger partial charge >= 0.3 is 5.97 Å². The number of carbonyl (C=O) groups excluding carboxylic acids is 3. The first kappa shape index (κ1) is 22.7. The van der Waals surface area contributed by atoms with Crippen LogP contribution < -0.4 is 15.4 Å². The van der Waals surface area contributed by atoms with Crippen LogP contribution in [0.4, 0.5) is 5.69 Å². The van der Waals surface area contributed by atoms with E-state index in [1.54, 1.807) is 36.4 Å². The summed E-state index contributed by atoms with van der Waals surface area (Å²) < 4.78 is 10.2. The van der Waals surface area contributed by atoms with Crippen molar-refractivity contribution in [2.75, 3.05) is 25.1 Å². The molecule has 0 heterocycles. The molecule has 7 heteroatoms. The van der Waals surface area contributed by atoms with Gasteiger partial charge in [0.2, 0.25) is 5.91 Å². The van der Waals surface area contributed by atoms with E-state index in [4.69, 9.17) is 9.47 Å². The molecular formula is C23H26N2O5. The molecule has 2 aromatic carbocycles. The third-order valence-electron chi connectivity index (χ3n) is 4.27. The SMILES string of the molecule is CCOc1ccc(/C=C/C(=O)OCC(=O)NCC(=O)Nc2cccc(C)c2C)cc1. The van der Waals surface area contributed by atoms with Gasteiger partial charge in [0, 0.05) is 11.8 Å². The third-order valence-corrected chi connectivity index (χ3v) is 4.27. The number of rotatable bonds is 9. The second kappa shape index (κ2) is 11.4. The summed E-state index contributed by atoms with van der Waals surface area (Å²) in [5.74, 6) is -0.831. The van der Waals surface area contributed by atoms with E-state index in [1.807, 2.05) is 32.9 Å². The summed E-state index contributed by atoms with van der Waals surface area (Å²) in [6.45, 7) is 5.65. The van der Waals surface area contributed by atoms with Gasteiger partial charge in [0.1, 0.15) is 5.75 Å². The summed E-state index contributed by atoms with van der Waals surface area (Å²) in [4.78, 5) is 35.5. The molecule has 2 amide bonds. The van der Waals surface area contributed by atoms with Crippen LogP contribution in [0.5, 0.6) is 5.75 Å². The van der Waals surface area contributed by atoms with Gasteiger partial charge in [-0.3, -0.25) is 9.59 Å². The standard InChI is InChI=1S/C23H26N2O5/c1-4-29-19-11-8-18(9-12-19)10-13-23(28)30-15-22(27)24-14-21(26)25-20-7-5-6-16(2)17(20)3/h5-13H,4,14-15H2,1-3H3,(H,24,27)(H,25,26)/b13-10+. The van der Waals surface area contributed by atoms with E-state index in [2.05, 4.69) is 10.6 Å². The van der Waals surface area contributed by atoms with Crippen molar-refractivity contribution < 1.29 is 23.9 Å². The Bertz CT molecular complexity index is 920. The highest BCUT2D eigenvalue weighted by Gasteiger charge is 2.09. The highest BCUT2D eigenvalue weighted by molar-refractivity contribution is 5.95. The van der Waals surface area contributed by atoms with Crippen LogP contribution in [0.15, 0.2) is 48.5 Å². The Kier molecular flexibility index (Phi) is 8.62. The molecule has 30 heavy (non-hydrogen) atoms.